The van der Waals surface area contributed by atoms with Gasteiger partial charge in [-0.2, -0.15) is 0 Å². The van der Waals surface area contributed by atoms with Gasteiger partial charge in [0.2, 0.25) is 5.91 Å². The second-order valence-electron chi connectivity index (χ2n) is 4.09. The third-order valence-electron chi connectivity index (χ3n) is 2.49. The quantitative estimate of drug-likeness (QED) is 0.583. The van der Waals surface area contributed by atoms with E-state index in [4.69, 9.17) is 0 Å². The van der Waals surface area contributed by atoms with Gasteiger partial charge in [-0.15, -0.1) is 11.8 Å². The normalized spacial score (nSPS) is 25.9. The first-order valence-electron chi connectivity index (χ1n) is 5.04. The van der Waals surface area contributed by atoms with E-state index in [2.05, 4.69) is 29.8 Å². The summed E-state index contributed by atoms with van der Waals surface area (Å²) in [6, 6.07) is 0. The van der Waals surface area contributed by atoms with Gasteiger partial charge in [-0.05, 0) is 33.6 Å². The number of carbonyl (C=O) groups excluding carboxylic acids is 1. The van der Waals surface area contributed by atoms with Crippen molar-refractivity contribution < 1.29 is 4.79 Å². The molecule has 4 heteroatoms. The molecule has 1 unspecified atom stereocenters. The summed E-state index contributed by atoms with van der Waals surface area (Å²) in [6.45, 7) is 7.16. The molecule has 0 N–H and O–H groups in total. The third-order valence-corrected chi connectivity index (χ3v) is 4.41. The Labute approximate surface area is 98.9 Å². The van der Waals surface area contributed by atoms with Crippen molar-refractivity contribution in [2.75, 3.05) is 11.9 Å². The molecule has 1 atom stereocenters. The van der Waals surface area contributed by atoms with Crippen LogP contribution in [0.5, 0.6) is 0 Å². The lowest BCUT2D eigenvalue weighted by Crippen LogP contribution is -2.40. The van der Waals surface area contributed by atoms with E-state index in [0.29, 0.717) is 5.91 Å². The van der Waals surface area contributed by atoms with Crippen LogP contribution in [0.4, 0.5) is 0 Å². The minimum Gasteiger partial charge on any atom is -0.328 e. The van der Waals surface area contributed by atoms with Crippen molar-refractivity contribution in [2.24, 2.45) is 0 Å². The number of hydrogen-bond donors (Lipinski definition) is 0. The highest BCUT2D eigenvalue weighted by atomic mass is 79.9. The molecule has 0 aromatic rings. The number of carbonyl (C=O) groups is 1. The molecule has 0 aromatic heterocycles. The minimum absolute atomic E-state index is 0.0111. The Morgan fingerprint density at radius 3 is 2.57 bits per heavy atom. The Bertz CT molecular complexity index is 220. The highest BCUT2D eigenvalue weighted by Gasteiger charge is 2.42. The summed E-state index contributed by atoms with van der Waals surface area (Å²) in [5.74, 6) is 0.301. The summed E-state index contributed by atoms with van der Waals surface area (Å²) in [5, 5.41) is 1.16. The summed E-state index contributed by atoms with van der Waals surface area (Å²) in [4.78, 5) is 13.8. The smallest absolute Gasteiger partial charge is 0.236 e. The summed E-state index contributed by atoms with van der Waals surface area (Å²) < 4.78 is 0. The Morgan fingerprint density at radius 2 is 2.14 bits per heavy atom. The molecule has 1 amide bonds. The van der Waals surface area contributed by atoms with E-state index in [0.717, 1.165) is 24.7 Å². The zero-order valence-corrected chi connectivity index (χ0v) is 11.4. The number of thioether (sulfide) groups is 1. The highest BCUT2D eigenvalue weighted by molar-refractivity contribution is 9.09. The topological polar surface area (TPSA) is 20.3 Å². The van der Waals surface area contributed by atoms with Crippen LogP contribution in [-0.2, 0) is 4.79 Å². The van der Waals surface area contributed by atoms with E-state index in [1.165, 1.54) is 0 Å². The third kappa shape index (κ3) is 2.66. The molecule has 1 heterocycles. The van der Waals surface area contributed by atoms with Crippen LogP contribution in [0.3, 0.4) is 0 Å². The molecule has 0 spiro atoms. The van der Waals surface area contributed by atoms with Crippen molar-refractivity contribution in [3.63, 3.8) is 0 Å². The van der Waals surface area contributed by atoms with E-state index in [1.807, 2.05) is 11.8 Å². The van der Waals surface area contributed by atoms with E-state index in [-0.39, 0.29) is 10.1 Å². The van der Waals surface area contributed by atoms with Gasteiger partial charge < -0.3 is 4.90 Å². The van der Waals surface area contributed by atoms with Gasteiger partial charge in [-0.1, -0.05) is 15.9 Å². The molecule has 0 bridgehead atoms. The molecule has 14 heavy (non-hydrogen) atoms. The molecule has 1 fully saturated rings. The second kappa shape index (κ2) is 4.88. The van der Waals surface area contributed by atoms with Gasteiger partial charge in [0, 0.05) is 11.9 Å². The van der Waals surface area contributed by atoms with Crippen molar-refractivity contribution in [2.45, 2.75) is 43.7 Å². The molecule has 0 aromatic carbocycles. The fraction of sp³-hybridized carbons (Fsp3) is 0.900. The van der Waals surface area contributed by atoms with Gasteiger partial charge in [0.25, 0.3) is 0 Å². The lowest BCUT2D eigenvalue weighted by atomic mass is 10.2. The molecular weight excluding hydrogens is 262 g/mol. The van der Waals surface area contributed by atoms with Crippen LogP contribution in [0.2, 0.25) is 0 Å². The highest BCUT2D eigenvalue weighted by Crippen LogP contribution is 2.40. The zero-order chi connectivity index (χ0) is 10.8. The number of alkyl halides is 1. The van der Waals surface area contributed by atoms with Gasteiger partial charge in [0.15, 0.2) is 0 Å². The molecular formula is C10H18BrNOS. The molecule has 0 aliphatic carbocycles. The Hall–Kier alpha value is 0.300. The molecule has 1 rings (SSSR count). The van der Waals surface area contributed by atoms with Crippen LogP contribution in [-0.4, -0.2) is 32.8 Å². The van der Waals surface area contributed by atoms with Gasteiger partial charge in [0.05, 0.1) is 10.1 Å². The van der Waals surface area contributed by atoms with Gasteiger partial charge in [-0.3, -0.25) is 4.79 Å². The van der Waals surface area contributed by atoms with Crippen LogP contribution in [0.15, 0.2) is 0 Å². The number of amides is 1. The fourth-order valence-corrected chi connectivity index (χ4v) is 3.57. The predicted molar refractivity (Wildman–Crippen MR) is 65.9 cm³/mol. The molecule has 82 valence electrons. The van der Waals surface area contributed by atoms with Crippen molar-refractivity contribution in [3.8, 4) is 0 Å². The average molecular weight is 280 g/mol. The largest absolute Gasteiger partial charge is 0.328 e. The first kappa shape index (κ1) is 12.4. The standard InChI is InChI=1S/C10H18BrNOS/c1-8-9(13)12(7-5-4-6-11)10(2,3)14-8/h8H,4-7H2,1-3H3. The molecule has 2 nitrogen and oxygen atoms in total. The van der Waals surface area contributed by atoms with Gasteiger partial charge >= 0.3 is 0 Å². The SMILES string of the molecule is CC1SC(C)(C)N(CCCCBr)C1=O. The molecule has 0 saturated carbocycles. The zero-order valence-electron chi connectivity index (χ0n) is 9.05. The summed E-state index contributed by atoms with van der Waals surface area (Å²) >= 11 is 5.17. The predicted octanol–water partition coefficient (Wildman–Crippen LogP) is 2.86. The Balaban J connectivity index is 2.52. The molecule has 1 aliphatic rings. The average Bonchev–Trinajstić information content (AvgIpc) is 2.27. The number of rotatable bonds is 4. The monoisotopic (exact) mass is 279 g/mol. The molecule has 1 aliphatic heterocycles. The maximum atomic E-state index is 11.8. The Kier molecular flexibility index (Phi) is 4.31. The van der Waals surface area contributed by atoms with Gasteiger partial charge in [0.1, 0.15) is 0 Å². The number of nitrogens with zero attached hydrogens (tertiary/aromatic N) is 1. The van der Waals surface area contributed by atoms with Crippen LogP contribution in [0, 0.1) is 0 Å². The first-order valence-corrected chi connectivity index (χ1v) is 7.04. The van der Waals surface area contributed by atoms with E-state index < -0.39 is 0 Å². The number of unbranched alkanes of at least 4 members (excludes halogenated alkanes) is 1. The van der Waals surface area contributed by atoms with Crippen LogP contribution < -0.4 is 0 Å². The summed E-state index contributed by atoms with van der Waals surface area (Å²) in [7, 11) is 0. The Morgan fingerprint density at radius 1 is 1.50 bits per heavy atom. The lowest BCUT2D eigenvalue weighted by molar-refractivity contribution is -0.131. The van der Waals surface area contributed by atoms with Crippen molar-refractivity contribution in [1.82, 2.24) is 4.90 Å². The lowest BCUT2D eigenvalue weighted by Gasteiger charge is -2.30. The maximum Gasteiger partial charge on any atom is 0.236 e. The fourth-order valence-electron chi connectivity index (χ4n) is 1.78. The molecule has 0 radical (unpaired) electrons. The van der Waals surface area contributed by atoms with Crippen molar-refractivity contribution in [3.05, 3.63) is 0 Å². The molecule has 1 saturated heterocycles. The van der Waals surface area contributed by atoms with E-state index in [1.54, 1.807) is 11.8 Å². The number of halogens is 1. The summed E-state index contributed by atoms with van der Waals surface area (Å²) in [5.41, 5.74) is 0. The van der Waals surface area contributed by atoms with E-state index >= 15 is 0 Å². The van der Waals surface area contributed by atoms with Gasteiger partial charge in [-0.25, -0.2) is 0 Å². The first-order chi connectivity index (χ1) is 6.49. The number of hydrogen-bond acceptors (Lipinski definition) is 2. The van der Waals surface area contributed by atoms with Crippen molar-refractivity contribution >= 4 is 33.6 Å². The van der Waals surface area contributed by atoms with Crippen LogP contribution >= 0.6 is 27.7 Å². The summed E-state index contributed by atoms with van der Waals surface area (Å²) in [6.07, 6.45) is 2.23. The second-order valence-corrected chi connectivity index (χ2v) is 6.83. The van der Waals surface area contributed by atoms with Crippen LogP contribution in [0.1, 0.15) is 33.6 Å². The maximum absolute atomic E-state index is 11.8. The minimum atomic E-state index is -0.0111. The van der Waals surface area contributed by atoms with Crippen LogP contribution in [0.25, 0.3) is 0 Å². The van der Waals surface area contributed by atoms with E-state index in [9.17, 15) is 4.79 Å². The van der Waals surface area contributed by atoms with Crippen molar-refractivity contribution in [1.29, 1.82) is 0 Å².